The molecule has 588 valence electrons. The molecule has 8 heterocycles. The molecular weight excluding hydrogens is 1540 g/mol. The molecule has 0 aliphatic carbocycles. The number of fused-ring (bicyclic) bond motifs is 18. The SMILES string of the molecule is c1ccc(-c2nc(-c3ccc(-n4c5ccccc5c5cc(-n6c7ccccc7c7ccccc76)ccc54)cc3)nc(-c3cccc(-n4c5ccccc5c5ccccc54)c3)n2)cc1.c1ccc(-c2nc(-c3ccc(-n4c5ccccc5c5ccccc54)cc3)nc(-c3ccc(-n4c5ccccc5c5cc(-n6c7ccccc7c7ccccc76)ccc54)cc3)n2)cc1. The summed E-state index contributed by atoms with van der Waals surface area (Å²) in [6, 6.07) is 155. The van der Waals surface area contributed by atoms with Crippen molar-refractivity contribution in [1.29, 1.82) is 0 Å². The lowest BCUT2D eigenvalue weighted by Crippen LogP contribution is -2.01. The summed E-state index contributed by atoms with van der Waals surface area (Å²) in [7, 11) is 0. The fourth-order valence-corrected chi connectivity index (χ4v) is 19.3. The van der Waals surface area contributed by atoms with Crippen molar-refractivity contribution in [3.63, 3.8) is 0 Å². The molecule has 0 saturated heterocycles. The summed E-state index contributed by atoms with van der Waals surface area (Å²) in [5.74, 6) is 3.74. The normalized spacial score (nSPS) is 11.8. The first-order valence-corrected chi connectivity index (χ1v) is 42.6. The average molecular weight is 1610 g/mol. The molecule has 0 unspecified atom stereocenters. The van der Waals surface area contributed by atoms with Crippen LogP contribution in [0.2, 0.25) is 0 Å². The molecule has 0 radical (unpaired) electrons. The third kappa shape index (κ3) is 11.8. The van der Waals surface area contributed by atoms with Crippen LogP contribution in [-0.2, 0) is 0 Å². The molecule has 0 spiro atoms. The van der Waals surface area contributed by atoms with Gasteiger partial charge in [-0.15, -0.1) is 0 Å². The van der Waals surface area contributed by atoms with Gasteiger partial charge in [-0.3, -0.25) is 0 Å². The number of hydrogen-bond acceptors (Lipinski definition) is 6. The van der Waals surface area contributed by atoms with Crippen LogP contribution in [0.3, 0.4) is 0 Å². The van der Waals surface area contributed by atoms with Crippen molar-refractivity contribution in [2.24, 2.45) is 0 Å². The molecule has 0 N–H and O–H groups in total. The average Bonchev–Trinajstić information content (AvgIpc) is 1.57. The number of aromatic nitrogens is 12. The minimum atomic E-state index is 0.616. The largest absolute Gasteiger partial charge is 0.309 e. The van der Waals surface area contributed by atoms with Crippen molar-refractivity contribution in [1.82, 2.24) is 57.3 Å². The van der Waals surface area contributed by atoms with Crippen LogP contribution in [0.1, 0.15) is 0 Å². The Hall–Kier alpha value is -17.2. The monoisotopic (exact) mass is 1610 g/mol. The molecule has 12 heteroatoms. The van der Waals surface area contributed by atoms with Crippen LogP contribution in [0.5, 0.6) is 0 Å². The van der Waals surface area contributed by atoms with E-state index in [2.05, 4.69) is 416 Å². The molecule has 0 atom stereocenters. The summed E-state index contributed by atoms with van der Waals surface area (Å²) >= 11 is 0. The van der Waals surface area contributed by atoms with E-state index in [0.29, 0.717) is 34.9 Å². The number of hydrogen-bond donors (Lipinski definition) is 0. The molecule has 0 aliphatic heterocycles. The molecule has 26 aromatic rings. The van der Waals surface area contributed by atoms with Crippen LogP contribution in [0.15, 0.2) is 437 Å². The first-order valence-electron chi connectivity index (χ1n) is 42.6. The van der Waals surface area contributed by atoms with Gasteiger partial charge < -0.3 is 27.4 Å². The molecule has 0 amide bonds. The predicted octanol–water partition coefficient (Wildman–Crippen LogP) is 28.3. The van der Waals surface area contributed by atoms with Crippen molar-refractivity contribution in [3.05, 3.63) is 437 Å². The number of para-hydroxylation sites is 10. The van der Waals surface area contributed by atoms with Crippen LogP contribution in [0.4, 0.5) is 0 Å². The van der Waals surface area contributed by atoms with Gasteiger partial charge in [0.2, 0.25) is 0 Å². The van der Waals surface area contributed by atoms with Gasteiger partial charge in [0.25, 0.3) is 0 Å². The quantitative estimate of drug-likeness (QED) is 0.121. The highest BCUT2D eigenvalue weighted by Gasteiger charge is 2.24. The number of rotatable bonds is 12. The molecule has 8 aromatic heterocycles. The molecule has 126 heavy (non-hydrogen) atoms. The second-order valence-corrected chi connectivity index (χ2v) is 32.1. The minimum absolute atomic E-state index is 0.616. The Morgan fingerprint density at radius 2 is 0.286 bits per heavy atom. The van der Waals surface area contributed by atoms with Crippen LogP contribution in [0, 0.1) is 0 Å². The van der Waals surface area contributed by atoms with Crippen LogP contribution in [0.25, 0.3) is 233 Å². The zero-order valence-corrected chi connectivity index (χ0v) is 67.9. The summed E-state index contributed by atoms with van der Waals surface area (Å²) in [6.07, 6.45) is 0. The molecule has 0 fully saturated rings. The van der Waals surface area contributed by atoms with Crippen LogP contribution < -0.4 is 0 Å². The Balaban J connectivity index is 0.000000137. The zero-order valence-electron chi connectivity index (χ0n) is 67.9. The van der Waals surface area contributed by atoms with E-state index in [1.54, 1.807) is 0 Å². The Morgan fingerprint density at radius 1 is 0.111 bits per heavy atom. The van der Waals surface area contributed by atoms with Gasteiger partial charge in [-0.1, -0.05) is 255 Å². The first-order chi connectivity index (χ1) is 62.5. The summed E-state index contributed by atoms with van der Waals surface area (Å²) in [5.41, 5.74) is 26.1. The van der Waals surface area contributed by atoms with Gasteiger partial charge in [0, 0.05) is 132 Å². The van der Waals surface area contributed by atoms with Crippen molar-refractivity contribution in [2.75, 3.05) is 0 Å². The van der Waals surface area contributed by atoms with Gasteiger partial charge in [0.15, 0.2) is 34.9 Å². The second kappa shape index (κ2) is 29.3. The Morgan fingerprint density at radius 3 is 0.540 bits per heavy atom. The maximum Gasteiger partial charge on any atom is 0.164 e. The van der Waals surface area contributed by atoms with Crippen LogP contribution >= 0.6 is 0 Å². The molecule has 0 aliphatic rings. The fourth-order valence-electron chi connectivity index (χ4n) is 19.3. The fraction of sp³-hybridized carbons (Fsp3) is 0. The van der Waals surface area contributed by atoms with E-state index < -0.39 is 0 Å². The summed E-state index contributed by atoms with van der Waals surface area (Å²) in [4.78, 5) is 30.6. The Labute approximate surface area is 722 Å². The first kappa shape index (κ1) is 71.7. The van der Waals surface area contributed by atoms with E-state index in [1.807, 2.05) is 48.5 Å². The van der Waals surface area contributed by atoms with E-state index in [1.165, 1.54) is 97.7 Å². The Kier molecular flexibility index (Phi) is 16.7. The maximum atomic E-state index is 5.18. The van der Waals surface area contributed by atoms with E-state index in [9.17, 15) is 0 Å². The Bertz CT molecular complexity index is 8620. The van der Waals surface area contributed by atoms with Gasteiger partial charge in [-0.05, 0) is 182 Å². The van der Waals surface area contributed by atoms with E-state index in [-0.39, 0.29) is 0 Å². The molecule has 0 bridgehead atoms. The minimum Gasteiger partial charge on any atom is -0.309 e. The highest BCUT2D eigenvalue weighted by molar-refractivity contribution is 6.16. The lowest BCUT2D eigenvalue weighted by molar-refractivity contribution is 1.07. The number of benzene rings is 18. The van der Waals surface area contributed by atoms with Gasteiger partial charge >= 0.3 is 0 Å². The predicted molar refractivity (Wildman–Crippen MR) is 518 cm³/mol. The number of nitrogens with zero attached hydrogens (tertiary/aromatic N) is 12. The highest BCUT2D eigenvalue weighted by atomic mass is 15.1. The lowest BCUT2D eigenvalue weighted by Gasteiger charge is -2.12. The lowest BCUT2D eigenvalue weighted by atomic mass is 10.1. The van der Waals surface area contributed by atoms with Crippen LogP contribution in [-0.4, -0.2) is 57.3 Å². The topological polar surface area (TPSA) is 107 Å². The van der Waals surface area contributed by atoms with Gasteiger partial charge in [-0.25, -0.2) is 29.9 Å². The van der Waals surface area contributed by atoms with Crippen molar-refractivity contribution in [2.45, 2.75) is 0 Å². The third-order valence-electron chi connectivity index (χ3n) is 25.0. The second-order valence-electron chi connectivity index (χ2n) is 32.1. The van der Waals surface area contributed by atoms with Crippen molar-refractivity contribution in [3.8, 4) is 102 Å². The maximum absolute atomic E-state index is 5.18. The van der Waals surface area contributed by atoms with Gasteiger partial charge in [0.1, 0.15) is 0 Å². The molecule has 0 saturated carbocycles. The van der Waals surface area contributed by atoms with E-state index >= 15 is 0 Å². The summed E-state index contributed by atoms with van der Waals surface area (Å²) in [6.45, 7) is 0. The zero-order chi connectivity index (χ0) is 82.9. The molecule has 18 aromatic carbocycles. The van der Waals surface area contributed by atoms with E-state index in [4.69, 9.17) is 29.9 Å². The van der Waals surface area contributed by atoms with Gasteiger partial charge in [-0.2, -0.15) is 0 Å². The third-order valence-corrected chi connectivity index (χ3v) is 25.0. The van der Waals surface area contributed by atoms with Crippen molar-refractivity contribution < 1.29 is 0 Å². The molecule has 12 nitrogen and oxygen atoms in total. The standard InChI is InChI=1S/2C57H36N6/c1-2-15-37(16-3-1)55-58-56(60-57(59-55)39-17-14-18-41(35-39)62-49-24-9-4-19-43(49)44-20-5-10-25-50(44)62)38-29-31-40(32-30-38)61-53-28-13-8-23-47(53)48-36-42(33-34-54(48)61)63-51-26-11-6-21-45(51)46-22-7-12-27-52(46)63;1-2-14-37(15-3-1)55-58-56(38-26-30-40(31-27-38)61-49-21-9-4-16-43(49)44-17-5-10-22-50(44)61)60-57(59-55)39-28-32-41(33-29-39)62-53-25-13-8-20-47(53)48-36-42(34-35-54(48)62)63-51-23-11-6-18-45(51)46-19-7-12-24-52(46)63/h2*1-36H. The smallest absolute Gasteiger partial charge is 0.164 e. The van der Waals surface area contributed by atoms with E-state index in [0.717, 1.165) is 101 Å². The summed E-state index contributed by atoms with van der Waals surface area (Å²) in [5, 5.41) is 14.8. The molecule has 26 rings (SSSR count). The van der Waals surface area contributed by atoms with Crippen molar-refractivity contribution >= 4 is 131 Å². The molecular formula is C114H72N12. The van der Waals surface area contributed by atoms with Gasteiger partial charge in [0.05, 0.1) is 66.2 Å². The highest BCUT2D eigenvalue weighted by Crippen LogP contribution is 2.43. The summed E-state index contributed by atoms with van der Waals surface area (Å²) < 4.78 is 14.1.